The van der Waals surface area contributed by atoms with Crippen LogP contribution in [0.25, 0.3) is 31.9 Å². The Kier molecular flexibility index (Phi) is 6.04. The number of nitrogens with one attached hydrogen (secondary N) is 1. The molecule has 0 saturated heterocycles. The van der Waals surface area contributed by atoms with Gasteiger partial charge in [0.15, 0.2) is 0 Å². The normalized spacial score (nSPS) is 11.2. The average molecular weight is 500 g/mol. The van der Waals surface area contributed by atoms with Crippen molar-refractivity contribution in [3.8, 4) is 21.7 Å². The van der Waals surface area contributed by atoms with Gasteiger partial charge in [-0.05, 0) is 35.2 Å². The van der Waals surface area contributed by atoms with Crippen molar-refractivity contribution in [1.82, 2.24) is 10.4 Å². The molecule has 0 saturated carbocycles. The molecular formula is C25H17N5O3S2. The minimum Gasteiger partial charge on any atom is -0.397 e. The summed E-state index contributed by atoms with van der Waals surface area (Å²) in [6.45, 7) is 0. The van der Waals surface area contributed by atoms with Gasteiger partial charge in [0.2, 0.25) is 0 Å². The first-order chi connectivity index (χ1) is 17.0. The number of thiophene rings is 2. The molecule has 172 valence electrons. The van der Waals surface area contributed by atoms with Gasteiger partial charge in [-0.15, -0.1) is 22.7 Å². The zero-order chi connectivity index (χ0) is 24.4. The Morgan fingerprint density at radius 1 is 1.09 bits per heavy atom. The average Bonchev–Trinajstić information content (AvgIpc) is 3.53. The van der Waals surface area contributed by atoms with Gasteiger partial charge in [0.25, 0.3) is 11.6 Å². The molecule has 10 heteroatoms. The standard InChI is InChI=1S/C25H17N5O3S2/c26-22-21-18(20-7-4-12-34-20)13-19(16-8-10-17(11-9-16)30(32)33)28-25(21)35-23(22)24(31)29-27-14-15-5-2-1-3-6-15/h1-14H,26H2,(H,29,31)/b27-14+. The van der Waals surface area contributed by atoms with E-state index in [9.17, 15) is 14.9 Å². The monoisotopic (exact) mass is 499 g/mol. The SMILES string of the molecule is Nc1c(C(=O)N/N=C/c2ccccc2)sc2nc(-c3ccc([N+](=O)[O-])cc3)cc(-c3cccs3)c12. The Labute approximate surface area is 207 Å². The molecule has 35 heavy (non-hydrogen) atoms. The Balaban J connectivity index is 1.56. The number of hydrogen-bond acceptors (Lipinski definition) is 8. The van der Waals surface area contributed by atoms with Crippen LogP contribution in [0.1, 0.15) is 15.2 Å². The predicted octanol–water partition coefficient (Wildman–Crippen LogP) is 5.95. The van der Waals surface area contributed by atoms with Gasteiger partial charge in [-0.3, -0.25) is 14.9 Å². The molecule has 1 amide bonds. The van der Waals surface area contributed by atoms with Gasteiger partial charge in [0.05, 0.1) is 22.5 Å². The Morgan fingerprint density at radius 3 is 2.54 bits per heavy atom. The third-order valence-corrected chi connectivity index (χ3v) is 7.25. The number of nitrogens with two attached hydrogens (primary N) is 1. The van der Waals surface area contributed by atoms with Crippen LogP contribution < -0.4 is 11.2 Å². The summed E-state index contributed by atoms with van der Waals surface area (Å²) in [4.78, 5) is 30.1. The van der Waals surface area contributed by atoms with E-state index in [0.29, 0.717) is 26.5 Å². The second kappa shape index (κ2) is 9.45. The molecule has 0 aliphatic heterocycles. The number of carbonyl (C=O) groups excluding carboxylic acids is 1. The molecule has 3 aromatic heterocycles. The van der Waals surface area contributed by atoms with Gasteiger partial charge in [0.1, 0.15) is 9.71 Å². The second-order valence-electron chi connectivity index (χ2n) is 7.47. The summed E-state index contributed by atoms with van der Waals surface area (Å²) >= 11 is 2.73. The van der Waals surface area contributed by atoms with Crippen molar-refractivity contribution in [1.29, 1.82) is 0 Å². The lowest BCUT2D eigenvalue weighted by atomic mass is 10.0. The van der Waals surface area contributed by atoms with Gasteiger partial charge in [-0.2, -0.15) is 5.10 Å². The van der Waals surface area contributed by atoms with Gasteiger partial charge in [-0.25, -0.2) is 10.4 Å². The van der Waals surface area contributed by atoms with E-state index in [1.807, 2.05) is 53.9 Å². The van der Waals surface area contributed by atoms with E-state index in [1.54, 1.807) is 29.7 Å². The van der Waals surface area contributed by atoms with Crippen molar-refractivity contribution in [2.24, 2.45) is 5.10 Å². The van der Waals surface area contributed by atoms with Crippen LogP contribution in [0, 0.1) is 10.1 Å². The number of nitro benzene ring substituents is 1. The number of hydrazone groups is 1. The summed E-state index contributed by atoms with van der Waals surface area (Å²) < 4.78 is 0. The molecule has 0 bridgehead atoms. The third kappa shape index (κ3) is 4.52. The number of nitro groups is 1. The fourth-order valence-corrected chi connectivity index (χ4v) is 5.33. The van der Waals surface area contributed by atoms with Crippen LogP contribution in [0.4, 0.5) is 11.4 Å². The molecule has 0 spiro atoms. The lowest BCUT2D eigenvalue weighted by Crippen LogP contribution is -2.17. The number of hydrogen-bond donors (Lipinski definition) is 2. The summed E-state index contributed by atoms with van der Waals surface area (Å²) in [5.74, 6) is -0.424. The molecule has 0 unspecified atom stereocenters. The quantitative estimate of drug-likeness (QED) is 0.170. The number of anilines is 1. The minimum absolute atomic E-state index is 0.00342. The van der Waals surface area contributed by atoms with Gasteiger partial charge in [-0.1, -0.05) is 36.4 Å². The highest BCUT2D eigenvalue weighted by molar-refractivity contribution is 7.21. The first-order valence-electron chi connectivity index (χ1n) is 10.4. The van der Waals surface area contributed by atoms with E-state index in [2.05, 4.69) is 10.5 Å². The minimum atomic E-state index is -0.442. The summed E-state index contributed by atoms with van der Waals surface area (Å²) in [6, 6.07) is 21.4. The van der Waals surface area contributed by atoms with Crippen LogP contribution in [-0.4, -0.2) is 22.0 Å². The van der Waals surface area contributed by atoms with Gasteiger partial charge in [0, 0.05) is 33.5 Å². The molecule has 5 rings (SSSR count). The Morgan fingerprint density at radius 2 is 1.86 bits per heavy atom. The fourth-order valence-electron chi connectivity index (χ4n) is 3.57. The highest BCUT2D eigenvalue weighted by Gasteiger charge is 2.22. The van der Waals surface area contributed by atoms with Crippen molar-refractivity contribution >= 4 is 56.4 Å². The lowest BCUT2D eigenvalue weighted by Gasteiger charge is -2.07. The van der Waals surface area contributed by atoms with Crippen LogP contribution in [0.15, 0.2) is 83.3 Å². The number of amides is 1. The van der Waals surface area contributed by atoms with Crippen molar-refractivity contribution in [3.63, 3.8) is 0 Å². The largest absolute Gasteiger partial charge is 0.397 e. The number of benzene rings is 2. The molecule has 3 N–H and O–H groups in total. The smallest absolute Gasteiger partial charge is 0.283 e. The number of pyridine rings is 1. The Bertz CT molecular complexity index is 1560. The fraction of sp³-hybridized carbons (Fsp3) is 0. The number of non-ortho nitro benzene ring substituents is 1. The maximum atomic E-state index is 12.9. The first kappa shape index (κ1) is 22.4. The molecule has 3 heterocycles. The second-order valence-corrected chi connectivity index (χ2v) is 9.42. The van der Waals surface area contributed by atoms with Crippen LogP contribution in [-0.2, 0) is 0 Å². The molecule has 5 aromatic rings. The van der Waals surface area contributed by atoms with Crippen molar-refractivity contribution < 1.29 is 9.72 Å². The highest BCUT2D eigenvalue weighted by atomic mass is 32.1. The van der Waals surface area contributed by atoms with E-state index in [0.717, 1.165) is 21.6 Å². The predicted molar refractivity (Wildman–Crippen MR) is 141 cm³/mol. The van der Waals surface area contributed by atoms with Crippen LogP contribution in [0.2, 0.25) is 0 Å². The van der Waals surface area contributed by atoms with Crippen LogP contribution in [0.3, 0.4) is 0 Å². The van der Waals surface area contributed by atoms with Crippen molar-refractivity contribution in [2.75, 3.05) is 5.73 Å². The first-order valence-corrected chi connectivity index (χ1v) is 12.1. The molecule has 0 radical (unpaired) electrons. The summed E-state index contributed by atoms with van der Waals surface area (Å²) in [5.41, 5.74) is 12.4. The van der Waals surface area contributed by atoms with Gasteiger partial charge >= 0.3 is 0 Å². The van der Waals surface area contributed by atoms with E-state index >= 15 is 0 Å². The van der Waals surface area contributed by atoms with E-state index in [4.69, 9.17) is 10.7 Å². The number of fused-ring (bicyclic) bond motifs is 1. The lowest BCUT2D eigenvalue weighted by molar-refractivity contribution is -0.384. The van der Waals surface area contributed by atoms with Crippen molar-refractivity contribution in [2.45, 2.75) is 0 Å². The van der Waals surface area contributed by atoms with E-state index in [1.165, 1.54) is 23.5 Å². The summed E-state index contributed by atoms with van der Waals surface area (Å²) in [5, 5.41) is 17.7. The van der Waals surface area contributed by atoms with Gasteiger partial charge < -0.3 is 5.73 Å². The summed E-state index contributed by atoms with van der Waals surface area (Å²) in [7, 11) is 0. The zero-order valence-electron chi connectivity index (χ0n) is 18.0. The van der Waals surface area contributed by atoms with Crippen LogP contribution in [0.5, 0.6) is 0 Å². The molecule has 0 aliphatic carbocycles. The van der Waals surface area contributed by atoms with E-state index in [-0.39, 0.29) is 5.69 Å². The molecule has 2 aromatic carbocycles. The molecule has 0 atom stereocenters. The molecule has 0 fully saturated rings. The highest BCUT2D eigenvalue weighted by Crippen LogP contribution is 2.42. The number of aromatic nitrogens is 1. The number of carbonyl (C=O) groups is 1. The van der Waals surface area contributed by atoms with E-state index < -0.39 is 10.8 Å². The topological polar surface area (TPSA) is 124 Å². The molecule has 8 nitrogen and oxygen atoms in total. The number of nitrogens with zero attached hydrogens (tertiary/aromatic N) is 3. The maximum Gasteiger partial charge on any atom is 0.283 e. The third-order valence-electron chi connectivity index (χ3n) is 5.24. The van der Waals surface area contributed by atoms with Crippen molar-refractivity contribution in [3.05, 3.63) is 98.7 Å². The maximum absolute atomic E-state index is 12.9. The van der Waals surface area contributed by atoms with Crippen LogP contribution >= 0.6 is 22.7 Å². The summed E-state index contributed by atoms with van der Waals surface area (Å²) in [6.07, 6.45) is 1.56. The molecular weight excluding hydrogens is 482 g/mol. The Hall–Kier alpha value is -4.41. The number of nitrogen functional groups attached to an aromatic ring is 1. The molecule has 0 aliphatic rings. The number of rotatable bonds is 6. The zero-order valence-corrected chi connectivity index (χ0v) is 19.7.